The Morgan fingerprint density at radius 3 is 2.44 bits per heavy atom. The molecule has 1 heterocycles. The van der Waals surface area contributed by atoms with E-state index in [0.29, 0.717) is 11.3 Å². The van der Waals surface area contributed by atoms with E-state index < -0.39 is 12.0 Å². The van der Waals surface area contributed by atoms with Gasteiger partial charge in [0.1, 0.15) is 0 Å². The maximum Gasteiger partial charge on any atom is 0.411 e. The number of carbonyl (C=O) groups is 2. The third kappa shape index (κ3) is 3.42. The van der Waals surface area contributed by atoms with Gasteiger partial charge in [0.05, 0.1) is 18.3 Å². The maximum atomic E-state index is 11.4. The van der Waals surface area contributed by atoms with Crippen molar-refractivity contribution in [3.05, 3.63) is 59.7 Å². The number of primary amides is 1. The maximum absolute atomic E-state index is 11.4. The first kappa shape index (κ1) is 16.4. The van der Waals surface area contributed by atoms with Crippen molar-refractivity contribution in [2.45, 2.75) is 6.92 Å². The summed E-state index contributed by atoms with van der Waals surface area (Å²) in [6, 6.07) is 14.4. The first-order valence-electron chi connectivity index (χ1n) is 7.64. The van der Waals surface area contributed by atoms with Gasteiger partial charge >= 0.3 is 6.09 Å². The van der Waals surface area contributed by atoms with Crippen molar-refractivity contribution >= 4 is 28.6 Å². The number of nitrogens with one attached hydrogen (secondary N) is 1. The van der Waals surface area contributed by atoms with Gasteiger partial charge in [0.15, 0.2) is 0 Å². The van der Waals surface area contributed by atoms with Crippen molar-refractivity contribution in [1.29, 1.82) is 0 Å². The van der Waals surface area contributed by atoms with Crippen LogP contribution >= 0.6 is 0 Å². The summed E-state index contributed by atoms with van der Waals surface area (Å²) in [6.07, 6.45) is -0.533. The van der Waals surface area contributed by atoms with Crippen LogP contribution in [0, 0.1) is 6.92 Å². The summed E-state index contributed by atoms with van der Waals surface area (Å²) in [5.41, 5.74) is 9.79. The van der Waals surface area contributed by atoms with Gasteiger partial charge in [-0.15, -0.1) is 0 Å². The van der Waals surface area contributed by atoms with E-state index in [4.69, 9.17) is 5.73 Å². The molecule has 3 N–H and O–H groups in total. The number of nitrogens with zero attached hydrogens (tertiary/aromatic N) is 1. The van der Waals surface area contributed by atoms with Crippen LogP contribution in [0.5, 0.6) is 0 Å². The summed E-state index contributed by atoms with van der Waals surface area (Å²) in [4.78, 5) is 27.2. The van der Waals surface area contributed by atoms with Gasteiger partial charge in [-0.1, -0.05) is 18.2 Å². The van der Waals surface area contributed by atoms with E-state index in [-0.39, 0.29) is 0 Å². The highest BCUT2D eigenvalue weighted by atomic mass is 16.5. The van der Waals surface area contributed by atoms with Crippen LogP contribution in [-0.2, 0) is 4.74 Å². The van der Waals surface area contributed by atoms with Crippen molar-refractivity contribution < 1.29 is 14.3 Å². The monoisotopic (exact) mass is 335 g/mol. The number of rotatable bonds is 3. The van der Waals surface area contributed by atoms with Crippen LogP contribution < -0.4 is 11.1 Å². The number of ether oxygens (including phenoxy) is 1. The number of aryl methyl sites for hydroxylation is 1. The number of amides is 2. The molecule has 0 atom stereocenters. The average molecular weight is 335 g/mol. The number of aromatic nitrogens is 1. The van der Waals surface area contributed by atoms with Crippen LogP contribution in [0.1, 0.15) is 15.9 Å². The molecule has 0 aliphatic heterocycles. The lowest BCUT2D eigenvalue weighted by Crippen LogP contribution is -2.10. The second kappa shape index (κ2) is 6.60. The number of nitrogens with two attached hydrogens (primary N) is 1. The zero-order chi connectivity index (χ0) is 18.0. The molecule has 2 aromatic carbocycles. The molecule has 0 spiro atoms. The molecule has 6 nitrogen and oxygen atoms in total. The third-order valence-electron chi connectivity index (χ3n) is 3.91. The van der Waals surface area contributed by atoms with Crippen molar-refractivity contribution in [1.82, 2.24) is 4.98 Å². The molecule has 2 amide bonds. The predicted molar refractivity (Wildman–Crippen MR) is 96.5 cm³/mol. The Hall–Kier alpha value is -3.41. The van der Waals surface area contributed by atoms with Crippen molar-refractivity contribution in [2.24, 2.45) is 5.73 Å². The molecule has 3 aromatic rings. The van der Waals surface area contributed by atoms with Crippen LogP contribution in [0.15, 0.2) is 48.5 Å². The van der Waals surface area contributed by atoms with Crippen LogP contribution in [0.3, 0.4) is 0 Å². The Kier molecular flexibility index (Phi) is 4.35. The van der Waals surface area contributed by atoms with Gasteiger partial charge in [-0.3, -0.25) is 10.1 Å². The average Bonchev–Trinajstić information content (AvgIpc) is 2.61. The summed E-state index contributed by atoms with van der Waals surface area (Å²) >= 11 is 0. The lowest BCUT2D eigenvalue weighted by atomic mass is 10.0. The smallest absolute Gasteiger partial charge is 0.411 e. The van der Waals surface area contributed by atoms with Gasteiger partial charge in [0, 0.05) is 22.2 Å². The molecule has 126 valence electrons. The van der Waals surface area contributed by atoms with Gasteiger partial charge in [0.2, 0.25) is 5.91 Å². The van der Waals surface area contributed by atoms with Crippen LogP contribution in [-0.4, -0.2) is 24.1 Å². The Bertz CT molecular complexity index is 966. The number of hydrogen-bond acceptors (Lipinski definition) is 4. The molecule has 1 aromatic heterocycles. The summed E-state index contributed by atoms with van der Waals surface area (Å²) in [6.45, 7) is 2.00. The number of fused-ring (bicyclic) bond motifs is 1. The molecular formula is C19H17N3O3. The standard InChI is InChI=1S/C19H17N3O3/c1-11-9-16(12-3-5-13(6-4-12)18(20)23)22-17-10-14(7-8-15(11)17)21-19(24)25-2/h3-10H,1-2H3,(H2,20,23)(H,21,24). The zero-order valence-corrected chi connectivity index (χ0v) is 13.9. The molecule has 0 unspecified atom stereocenters. The Morgan fingerprint density at radius 1 is 1.08 bits per heavy atom. The minimum absolute atomic E-state index is 0.450. The van der Waals surface area contributed by atoms with Gasteiger partial charge in [-0.05, 0) is 42.8 Å². The highest BCUT2D eigenvalue weighted by molar-refractivity contribution is 5.94. The Labute approximate surface area is 144 Å². The highest BCUT2D eigenvalue weighted by Crippen LogP contribution is 2.26. The topological polar surface area (TPSA) is 94.3 Å². The van der Waals surface area contributed by atoms with E-state index in [1.165, 1.54) is 7.11 Å². The predicted octanol–water partition coefficient (Wildman–Crippen LogP) is 3.49. The van der Waals surface area contributed by atoms with E-state index in [1.54, 1.807) is 24.3 Å². The van der Waals surface area contributed by atoms with E-state index >= 15 is 0 Å². The van der Waals surface area contributed by atoms with E-state index in [2.05, 4.69) is 15.0 Å². The third-order valence-corrected chi connectivity index (χ3v) is 3.91. The summed E-state index contributed by atoms with van der Waals surface area (Å²) in [5.74, 6) is -0.465. The molecule has 0 aliphatic carbocycles. The fraction of sp³-hybridized carbons (Fsp3) is 0.105. The van der Waals surface area contributed by atoms with Crippen molar-refractivity contribution in [2.75, 3.05) is 12.4 Å². The summed E-state index contributed by atoms with van der Waals surface area (Å²) in [7, 11) is 1.31. The fourth-order valence-corrected chi connectivity index (χ4v) is 2.60. The molecule has 0 aliphatic rings. The molecule has 3 rings (SSSR count). The number of methoxy groups -OCH3 is 1. The molecular weight excluding hydrogens is 318 g/mol. The van der Waals surface area contributed by atoms with Crippen LogP contribution in [0.2, 0.25) is 0 Å². The number of benzene rings is 2. The number of carbonyl (C=O) groups excluding carboxylic acids is 2. The molecule has 0 saturated heterocycles. The second-order valence-electron chi connectivity index (χ2n) is 5.61. The SMILES string of the molecule is COC(=O)Nc1ccc2c(C)cc(-c3ccc(C(N)=O)cc3)nc2c1. The number of anilines is 1. The molecule has 6 heteroatoms. The molecule has 0 bridgehead atoms. The number of hydrogen-bond donors (Lipinski definition) is 2. The quantitative estimate of drug-likeness (QED) is 0.766. The first-order chi connectivity index (χ1) is 12.0. The normalized spacial score (nSPS) is 10.5. The fourth-order valence-electron chi connectivity index (χ4n) is 2.60. The largest absolute Gasteiger partial charge is 0.453 e. The van der Waals surface area contributed by atoms with Crippen LogP contribution in [0.25, 0.3) is 22.2 Å². The van der Waals surface area contributed by atoms with E-state index in [0.717, 1.165) is 27.7 Å². The molecule has 25 heavy (non-hydrogen) atoms. The van der Waals surface area contributed by atoms with E-state index in [1.807, 2.05) is 31.2 Å². The molecule has 0 fully saturated rings. The van der Waals surface area contributed by atoms with Gasteiger partial charge in [0.25, 0.3) is 0 Å². The highest BCUT2D eigenvalue weighted by Gasteiger charge is 2.08. The molecule has 0 radical (unpaired) electrons. The lowest BCUT2D eigenvalue weighted by Gasteiger charge is -2.09. The summed E-state index contributed by atoms with van der Waals surface area (Å²) in [5, 5.41) is 3.62. The van der Waals surface area contributed by atoms with Crippen molar-refractivity contribution in [3.63, 3.8) is 0 Å². The second-order valence-corrected chi connectivity index (χ2v) is 5.61. The van der Waals surface area contributed by atoms with Gasteiger partial charge in [-0.2, -0.15) is 0 Å². The van der Waals surface area contributed by atoms with Gasteiger partial charge in [-0.25, -0.2) is 9.78 Å². The lowest BCUT2D eigenvalue weighted by molar-refractivity contribution is 0.1000. The Balaban J connectivity index is 2.04. The minimum atomic E-state index is -0.533. The van der Waals surface area contributed by atoms with Crippen molar-refractivity contribution in [3.8, 4) is 11.3 Å². The zero-order valence-electron chi connectivity index (χ0n) is 13.9. The van der Waals surface area contributed by atoms with Gasteiger partial charge < -0.3 is 10.5 Å². The van der Waals surface area contributed by atoms with Crippen LogP contribution in [0.4, 0.5) is 10.5 Å². The minimum Gasteiger partial charge on any atom is -0.453 e. The molecule has 0 saturated carbocycles. The number of pyridine rings is 1. The summed E-state index contributed by atoms with van der Waals surface area (Å²) < 4.78 is 4.61. The van der Waals surface area contributed by atoms with E-state index in [9.17, 15) is 9.59 Å². The first-order valence-corrected chi connectivity index (χ1v) is 7.64. The Morgan fingerprint density at radius 2 is 1.80 bits per heavy atom.